The Morgan fingerprint density at radius 3 is 2.77 bits per heavy atom. The molecule has 0 unspecified atom stereocenters. The normalized spacial score (nSPS) is 25.8. The molecule has 2 aliphatic rings. The summed E-state index contributed by atoms with van der Waals surface area (Å²) in [5, 5.41) is 2.80. The zero-order valence-electron chi connectivity index (χ0n) is 12.2. The van der Waals surface area contributed by atoms with Crippen LogP contribution >= 0.6 is 0 Å². The number of nitrogens with one attached hydrogen (secondary N) is 1. The zero-order valence-corrected chi connectivity index (χ0v) is 12.2. The third kappa shape index (κ3) is 3.32. The summed E-state index contributed by atoms with van der Waals surface area (Å²) < 4.78 is 10.8. The summed E-state index contributed by atoms with van der Waals surface area (Å²) in [7, 11) is 0. The van der Waals surface area contributed by atoms with E-state index in [0.717, 1.165) is 13.1 Å². The molecule has 2 saturated heterocycles. The first kappa shape index (κ1) is 15.1. The van der Waals surface area contributed by atoms with E-state index in [4.69, 9.17) is 9.47 Å². The van der Waals surface area contributed by atoms with Crippen LogP contribution in [0.3, 0.4) is 0 Å². The van der Waals surface area contributed by atoms with Crippen molar-refractivity contribution >= 4 is 11.7 Å². The molecule has 3 rings (SSSR count). The Morgan fingerprint density at radius 1 is 1.23 bits per heavy atom. The number of amides is 1. The lowest BCUT2D eigenvalue weighted by Crippen LogP contribution is -2.55. The fraction of sp³-hybridized carbons (Fsp3) is 0.533. The Bertz CT molecular complexity index is 531. The van der Waals surface area contributed by atoms with Gasteiger partial charge in [-0.2, -0.15) is 0 Å². The summed E-state index contributed by atoms with van der Waals surface area (Å²) in [4.78, 5) is 30.3. The van der Waals surface area contributed by atoms with Crippen molar-refractivity contribution in [3.05, 3.63) is 30.1 Å². The third-order valence-corrected chi connectivity index (χ3v) is 4.01. The standard InChI is InChI=1S/C15H19N3O4/c19-14(11-2-1-3-16-8-11)15(20)17-12-9-22-10-13(12)18-4-6-21-7-5-18/h1-3,8,12-13H,4-7,9-10H2,(H,17,20)/t12-,13-/m0/s1. The minimum atomic E-state index is -0.609. The van der Waals surface area contributed by atoms with Crippen LogP contribution in [0.5, 0.6) is 0 Å². The maximum absolute atomic E-state index is 12.1. The number of hydrogen-bond acceptors (Lipinski definition) is 6. The monoisotopic (exact) mass is 305 g/mol. The molecule has 1 amide bonds. The Kier molecular flexibility index (Phi) is 4.77. The van der Waals surface area contributed by atoms with Crippen LogP contribution in [0.4, 0.5) is 0 Å². The van der Waals surface area contributed by atoms with E-state index in [0.29, 0.717) is 32.0 Å². The van der Waals surface area contributed by atoms with E-state index < -0.39 is 11.7 Å². The van der Waals surface area contributed by atoms with Gasteiger partial charge >= 0.3 is 0 Å². The molecule has 2 atom stereocenters. The maximum atomic E-state index is 12.1. The summed E-state index contributed by atoms with van der Waals surface area (Å²) in [5.41, 5.74) is 0.293. The van der Waals surface area contributed by atoms with Gasteiger partial charge in [-0.05, 0) is 12.1 Å². The molecule has 0 aliphatic carbocycles. The molecule has 3 heterocycles. The van der Waals surface area contributed by atoms with Gasteiger partial charge in [0.1, 0.15) is 0 Å². The van der Waals surface area contributed by atoms with Crippen molar-refractivity contribution in [2.75, 3.05) is 39.5 Å². The van der Waals surface area contributed by atoms with E-state index in [2.05, 4.69) is 15.2 Å². The highest BCUT2D eigenvalue weighted by Crippen LogP contribution is 2.15. The number of ether oxygens (including phenoxy) is 2. The topological polar surface area (TPSA) is 80.8 Å². The van der Waals surface area contributed by atoms with Crippen molar-refractivity contribution in [2.45, 2.75) is 12.1 Å². The van der Waals surface area contributed by atoms with Crippen molar-refractivity contribution in [2.24, 2.45) is 0 Å². The number of nitrogens with zero attached hydrogens (tertiary/aromatic N) is 2. The minimum Gasteiger partial charge on any atom is -0.379 e. The quantitative estimate of drug-likeness (QED) is 0.595. The van der Waals surface area contributed by atoms with Crippen LogP contribution in [-0.2, 0) is 14.3 Å². The molecule has 0 spiro atoms. The lowest BCUT2D eigenvalue weighted by Gasteiger charge is -2.34. The summed E-state index contributed by atoms with van der Waals surface area (Å²) in [6, 6.07) is 3.13. The molecule has 7 heteroatoms. The van der Waals surface area contributed by atoms with Gasteiger partial charge in [-0.15, -0.1) is 0 Å². The predicted molar refractivity (Wildman–Crippen MR) is 77.5 cm³/mol. The number of hydrogen-bond donors (Lipinski definition) is 1. The lowest BCUT2D eigenvalue weighted by atomic mass is 10.1. The van der Waals surface area contributed by atoms with E-state index in [1.165, 1.54) is 6.20 Å². The van der Waals surface area contributed by atoms with Gasteiger partial charge < -0.3 is 14.8 Å². The predicted octanol–water partition coefficient (Wildman–Crippen LogP) is -0.520. The average Bonchev–Trinajstić information content (AvgIpc) is 3.04. The number of Topliss-reactive ketones (excluding diaryl/α,β-unsaturated/α-hetero) is 1. The van der Waals surface area contributed by atoms with Crippen LogP contribution in [0.25, 0.3) is 0 Å². The van der Waals surface area contributed by atoms with Crippen molar-refractivity contribution in [1.29, 1.82) is 0 Å². The van der Waals surface area contributed by atoms with Gasteiger partial charge in [0, 0.05) is 31.0 Å². The van der Waals surface area contributed by atoms with E-state index >= 15 is 0 Å². The molecular formula is C15H19N3O4. The average molecular weight is 305 g/mol. The van der Waals surface area contributed by atoms with E-state index in [1.54, 1.807) is 18.3 Å². The minimum absolute atomic E-state index is 0.0922. The van der Waals surface area contributed by atoms with Crippen molar-refractivity contribution in [3.63, 3.8) is 0 Å². The van der Waals surface area contributed by atoms with Crippen molar-refractivity contribution in [1.82, 2.24) is 15.2 Å². The Labute approximate surface area is 128 Å². The molecule has 7 nitrogen and oxygen atoms in total. The van der Waals surface area contributed by atoms with Gasteiger partial charge in [-0.1, -0.05) is 0 Å². The van der Waals surface area contributed by atoms with Gasteiger partial charge in [0.2, 0.25) is 0 Å². The SMILES string of the molecule is O=C(N[C@H]1COC[C@@H]1N1CCOCC1)C(=O)c1cccnc1. The molecule has 1 aromatic heterocycles. The van der Waals surface area contributed by atoms with Crippen LogP contribution in [0.2, 0.25) is 0 Å². The fourth-order valence-electron chi connectivity index (χ4n) is 2.81. The van der Waals surface area contributed by atoms with Gasteiger partial charge in [0.15, 0.2) is 0 Å². The first-order chi connectivity index (χ1) is 10.8. The smallest absolute Gasteiger partial charge is 0.292 e. The summed E-state index contributed by atoms with van der Waals surface area (Å²) >= 11 is 0. The van der Waals surface area contributed by atoms with Crippen LogP contribution < -0.4 is 5.32 Å². The largest absolute Gasteiger partial charge is 0.379 e. The number of aromatic nitrogens is 1. The van der Waals surface area contributed by atoms with Crippen molar-refractivity contribution in [3.8, 4) is 0 Å². The van der Waals surface area contributed by atoms with Crippen LogP contribution in [0, 0.1) is 0 Å². The molecule has 22 heavy (non-hydrogen) atoms. The maximum Gasteiger partial charge on any atom is 0.292 e. The van der Waals surface area contributed by atoms with Gasteiger partial charge in [-0.3, -0.25) is 19.5 Å². The van der Waals surface area contributed by atoms with Gasteiger partial charge in [0.05, 0.1) is 38.5 Å². The molecule has 0 aromatic carbocycles. The fourth-order valence-corrected chi connectivity index (χ4v) is 2.81. The van der Waals surface area contributed by atoms with Crippen molar-refractivity contribution < 1.29 is 19.1 Å². The van der Waals surface area contributed by atoms with E-state index in [-0.39, 0.29) is 12.1 Å². The highest BCUT2D eigenvalue weighted by Gasteiger charge is 2.35. The summed E-state index contributed by atoms with van der Waals surface area (Å²) in [6.45, 7) is 3.99. The molecule has 1 N–H and O–H groups in total. The van der Waals surface area contributed by atoms with Gasteiger partial charge in [0.25, 0.3) is 11.7 Å². The molecule has 0 saturated carbocycles. The molecular weight excluding hydrogens is 286 g/mol. The second kappa shape index (κ2) is 6.95. The Balaban J connectivity index is 1.61. The number of morpholine rings is 1. The van der Waals surface area contributed by atoms with Crippen LogP contribution in [0.15, 0.2) is 24.5 Å². The second-order valence-electron chi connectivity index (χ2n) is 5.40. The molecule has 0 radical (unpaired) electrons. The van der Waals surface area contributed by atoms with E-state index in [1.807, 2.05) is 0 Å². The second-order valence-corrected chi connectivity index (χ2v) is 5.40. The third-order valence-electron chi connectivity index (χ3n) is 4.01. The summed E-state index contributed by atoms with van der Waals surface area (Å²) in [6.07, 6.45) is 2.96. The van der Waals surface area contributed by atoms with Gasteiger partial charge in [-0.25, -0.2) is 0 Å². The highest BCUT2D eigenvalue weighted by molar-refractivity contribution is 6.42. The van der Waals surface area contributed by atoms with Crippen LogP contribution in [0.1, 0.15) is 10.4 Å². The first-order valence-corrected chi connectivity index (χ1v) is 7.40. The highest BCUT2D eigenvalue weighted by atomic mass is 16.5. The molecule has 118 valence electrons. The van der Waals surface area contributed by atoms with Crippen LogP contribution in [-0.4, -0.2) is 73.2 Å². The number of carbonyl (C=O) groups is 2. The molecule has 0 bridgehead atoms. The number of pyridine rings is 1. The number of rotatable bonds is 4. The lowest BCUT2D eigenvalue weighted by molar-refractivity contribution is -0.118. The number of carbonyl (C=O) groups excluding carboxylic acids is 2. The molecule has 1 aromatic rings. The Morgan fingerprint density at radius 2 is 2.05 bits per heavy atom. The zero-order chi connectivity index (χ0) is 15.4. The molecule has 2 aliphatic heterocycles. The van der Waals surface area contributed by atoms with E-state index in [9.17, 15) is 9.59 Å². The first-order valence-electron chi connectivity index (χ1n) is 7.40. The number of ketones is 1. The molecule has 2 fully saturated rings. The summed E-state index contributed by atoms with van der Waals surface area (Å²) in [5.74, 6) is -1.18. The Hall–Kier alpha value is -1.83.